The number of rotatable bonds is 5. The van der Waals surface area contributed by atoms with Crippen molar-refractivity contribution >= 4 is 23.2 Å². The van der Waals surface area contributed by atoms with Crippen molar-refractivity contribution in [3.8, 4) is 0 Å². The summed E-state index contributed by atoms with van der Waals surface area (Å²) in [6, 6.07) is 18.0. The lowest BCUT2D eigenvalue weighted by Gasteiger charge is -2.36. The minimum Gasteiger partial charge on any atom is -0.368 e. The first-order chi connectivity index (χ1) is 13.0. The quantitative estimate of drug-likeness (QED) is 0.818. The molecular weight excluding hydrogens is 338 g/mol. The van der Waals surface area contributed by atoms with Gasteiger partial charge in [0.1, 0.15) is 0 Å². The summed E-state index contributed by atoms with van der Waals surface area (Å²) in [5.74, 6) is 0.0688. The van der Waals surface area contributed by atoms with Gasteiger partial charge in [0.2, 0.25) is 11.8 Å². The molecule has 0 aromatic heterocycles. The topological polar surface area (TPSA) is 43.9 Å². The van der Waals surface area contributed by atoms with Crippen LogP contribution in [-0.4, -0.2) is 49.4 Å². The lowest BCUT2D eigenvalue weighted by Crippen LogP contribution is -2.49. The number of amides is 2. The first-order valence-corrected chi connectivity index (χ1v) is 9.47. The molecule has 27 heavy (non-hydrogen) atoms. The molecular formula is C22H27N3O2. The van der Waals surface area contributed by atoms with Gasteiger partial charge < -0.3 is 14.7 Å². The molecule has 5 heteroatoms. The minimum absolute atomic E-state index is 0.0433. The first-order valence-electron chi connectivity index (χ1n) is 9.47. The van der Waals surface area contributed by atoms with Gasteiger partial charge in [0.25, 0.3) is 0 Å². The highest BCUT2D eigenvalue weighted by Crippen LogP contribution is 2.19. The zero-order chi connectivity index (χ0) is 19.2. The smallest absolute Gasteiger partial charge is 0.224 e. The van der Waals surface area contributed by atoms with Gasteiger partial charge in [-0.1, -0.05) is 30.3 Å². The van der Waals surface area contributed by atoms with Crippen LogP contribution in [0.2, 0.25) is 0 Å². The maximum absolute atomic E-state index is 12.6. The summed E-state index contributed by atoms with van der Waals surface area (Å²) in [5.41, 5.74) is 3.30. The molecule has 5 nitrogen and oxygen atoms in total. The third-order valence-corrected chi connectivity index (χ3v) is 5.00. The van der Waals surface area contributed by atoms with Crippen molar-refractivity contribution in [2.75, 3.05) is 42.5 Å². The third-order valence-electron chi connectivity index (χ3n) is 5.00. The maximum Gasteiger partial charge on any atom is 0.224 e. The van der Waals surface area contributed by atoms with E-state index in [9.17, 15) is 9.59 Å². The summed E-state index contributed by atoms with van der Waals surface area (Å²) < 4.78 is 0. The molecule has 0 N–H and O–H groups in total. The Morgan fingerprint density at radius 1 is 0.963 bits per heavy atom. The Kier molecular flexibility index (Phi) is 6.12. The van der Waals surface area contributed by atoms with Crippen molar-refractivity contribution in [2.45, 2.75) is 20.3 Å². The second-order valence-corrected chi connectivity index (χ2v) is 6.96. The Morgan fingerprint density at radius 3 is 2.30 bits per heavy atom. The number of anilines is 2. The van der Waals surface area contributed by atoms with E-state index in [0.717, 1.165) is 31.9 Å². The van der Waals surface area contributed by atoms with Crippen molar-refractivity contribution in [3.05, 3.63) is 60.2 Å². The van der Waals surface area contributed by atoms with Crippen LogP contribution in [0.25, 0.3) is 0 Å². The zero-order valence-electron chi connectivity index (χ0n) is 16.1. The summed E-state index contributed by atoms with van der Waals surface area (Å²) in [5, 5.41) is 0. The molecule has 0 aliphatic carbocycles. The molecule has 1 aliphatic rings. The van der Waals surface area contributed by atoms with Crippen LogP contribution in [0.4, 0.5) is 11.4 Å². The predicted octanol–water partition coefficient (Wildman–Crippen LogP) is 3.09. The normalized spacial score (nSPS) is 14.1. The van der Waals surface area contributed by atoms with E-state index in [0.29, 0.717) is 13.0 Å². The highest BCUT2D eigenvalue weighted by Gasteiger charge is 2.22. The van der Waals surface area contributed by atoms with Crippen LogP contribution >= 0.6 is 0 Å². The van der Waals surface area contributed by atoms with Crippen molar-refractivity contribution in [1.82, 2.24) is 4.90 Å². The number of carbonyl (C=O) groups excluding carboxylic acids is 2. The second kappa shape index (κ2) is 8.71. The van der Waals surface area contributed by atoms with E-state index in [1.165, 1.54) is 18.2 Å². The number of hydrogen-bond acceptors (Lipinski definition) is 3. The summed E-state index contributed by atoms with van der Waals surface area (Å²) in [6.45, 7) is 7.16. The summed E-state index contributed by atoms with van der Waals surface area (Å²) in [6.07, 6.45) is 0.346. The van der Waals surface area contributed by atoms with Crippen molar-refractivity contribution in [1.29, 1.82) is 0 Å². The van der Waals surface area contributed by atoms with Gasteiger partial charge in [-0.05, 0) is 36.8 Å². The molecule has 1 fully saturated rings. The van der Waals surface area contributed by atoms with Gasteiger partial charge in [0, 0.05) is 57.4 Å². The Bertz CT molecular complexity index is 783. The van der Waals surface area contributed by atoms with E-state index < -0.39 is 0 Å². The average molecular weight is 365 g/mol. The molecule has 1 saturated heterocycles. The predicted molar refractivity (Wildman–Crippen MR) is 109 cm³/mol. The van der Waals surface area contributed by atoms with E-state index in [2.05, 4.69) is 36.1 Å². The van der Waals surface area contributed by atoms with Gasteiger partial charge in [-0.15, -0.1) is 0 Å². The Morgan fingerprint density at radius 2 is 1.67 bits per heavy atom. The van der Waals surface area contributed by atoms with E-state index in [1.54, 1.807) is 4.90 Å². The second-order valence-electron chi connectivity index (χ2n) is 6.96. The van der Waals surface area contributed by atoms with E-state index >= 15 is 0 Å². The Hall–Kier alpha value is -2.82. The molecule has 2 aromatic carbocycles. The number of para-hydroxylation sites is 1. The fraction of sp³-hybridized carbons (Fsp3) is 0.364. The largest absolute Gasteiger partial charge is 0.368 e. The van der Waals surface area contributed by atoms with Crippen molar-refractivity contribution in [3.63, 3.8) is 0 Å². The third kappa shape index (κ3) is 4.88. The maximum atomic E-state index is 12.6. The molecule has 2 amide bonds. The molecule has 0 bridgehead atoms. The molecule has 0 atom stereocenters. The number of piperazine rings is 1. The monoisotopic (exact) mass is 365 g/mol. The Balaban J connectivity index is 1.52. The van der Waals surface area contributed by atoms with Crippen LogP contribution in [0, 0.1) is 6.92 Å². The number of hydrogen-bond donors (Lipinski definition) is 0. The van der Waals surface area contributed by atoms with Crippen molar-refractivity contribution < 1.29 is 9.59 Å². The molecule has 0 unspecified atom stereocenters. The van der Waals surface area contributed by atoms with Crippen LogP contribution in [0.3, 0.4) is 0 Å². The fourth-order valence-electron chi connectivity index (χ4n) is 3.48. The number of carbonyl (C=O) groups is 2. The number of nitrogens with zero attached hydrogens (tertiary/aromatic N) is 3. The first kappa shape index (κ1) is 19.0. The minimum atomic E-state index is -0.0433. The molecule has 1 heterocycles. The van der Waals surface area contributed by atoms with Crippen LogP contribution in [0.5, 0.6) is 0 Å². The van der Waals surface area contributed by atoms with Crippen molar-refractivity contribution in [2.24, 2.45) is 0 Å². The van der Waals surface area contributed by atoms with Crippen LogP contribution in [0.1, 0.15) is 18.9 Å². The van der Waals surface area contributed by atoms with Crippen LogP contribution in [0.15, 0.2) is 54.6 Å². The lowest BCUT2D eigenvalue weighted by atomic mass is 10.2. The fourth-order valence-corrected chi connectivity index (χ4v) is 3.48. The van der Waals surface area contributed by atoms with Gasteiger partial charge >= 0.3 is 0 Å². The average Bonchev–Trinajstić information content (AvgIpc) is 2.69. The van der Waals surface area contributed by atoms with E-state index in [1.807, 2.05) is 35.2 Å². The van der Waals surface area contributed by atoms with E-state index in [-0.39, 0.29) is 11.8 Å². The summed E-state index contributed by atoms with van der Waals surface area (Å²) in [7, 11) is 0. The number of benzene rings is 2. The SMILES string of the molecule is CC(=O)N(CCC(=O)N1CCN(c2cccc(C)c2)CC1)c1ccccc1. The molecule has 0 radical (unpaired) electrons. The van der Waals surface area contributed by atoms with Gasteiger partial charge in [0.15, 0.2) is 0 Å². The molecule has 142 valence electrons. The molecule has 1 aliphatic heterocycles. The van der Waals surface area contributed by atoms with Crippen LogP contribution in [-0.2, 0) is 9.59 Å². The molecule has 2 aromatic rings. The standard InChI is InChI=1S/C22H27N3O2/c1-18-7-6-10-21(17-18)23-13-15-24(16-14-23)22(27)11-12-25(19(2)26)20-8-4-3-5-9-20/h3-10,17H,11-16H2,1-2H3. The zero-order valence-corrected chi connectivity index (χ0v) is 16.1. The number of aryl methyl sites for hydroxylation is 1. The molecule has 0 saturated carbocycles. The van der Waals surface area contributed by atoms with Gasteiger partial charge in [-0.3, -0.25) is 9.59 Å². The summed E-state index contributed by atoms with van der Waals surface area (Å²) >= 11 is 0. The van der Waals surface area contributed by atoms with E-state index in [4.69, 9.17) is 0 Å². The van der Waals surface area contributed by atoms with Gasteiger partial charge in [0.05, 0.1) is 0 Å². The molecule has 0 spiro atoms. The lowest BCUT2D eigenvalue weighted by molar-refractivity contribution is -0.131. The highest BCUT2D eigenvalue weighted by molar-refractivity contribution is 5.92. The molecule has 3 rings (SSSR count). The van der Waals surface area contributed by atoms with Gasteiger partial charge in [-0.25, -0.2) is 0 Å². The van der Waals surface area contributed by atoms with Crippen LogP contribution < -0.4 is 9.80 Å². The Labute approximate surface area is 161 Å². The van der Waals surface area contributed by atoms with Gasteiger partial charge in [-0.2, -0.15) is 0 Å². The summed E-state index contributed by atoms with van der Waals surface area (Å²) in [4.78, 5) is 30.5. The highest BCUT2D eigenvalue weighted by atomic mass is 16.2.